The average molecular weight is 290 g/mol. The molecule has 3 rings (SSSR count). The number of nitrogens with one attached hydrogen (secondary N) is 1. The van der Waals surface area contributed by atoms with E-state index in [2.05, 4.69) is 10.3 Å². The van der Waals surface area contributed by atoms with Gasteiger partial charge in [0.05, 0.1) is 4.92 Å². The van der Waals surface area contributed by atoms with E-state index in [0.29, 0.717) is 23.2 Å². The second kappa shape index (κ2) is 5.69. The Kier molecular flexibility index (Phi) is 3.74. The number of anilines is 1. The number of nitro benzene ring substituents is 1. The minimum absolute atomic E-state index is 0.0216. The monoisotopic (exact) mass is 290 g/mol. The molecule has 21 heavy (non-hydrogen) atoms. The van der Waals surface area contributed by atoms with Crippen molar-refractivity contribution in [2.75, 3.05) is 25.0 Å². The first-order chi connectivity index (χ1) is 10.1. The van der Waals surface area contributed by atoms with Gasteiger partial charge in [-0.15, -0.1) is 0 Å². The van der Waals surface area contributed by atoms with Crippen LogP contribution in [-0.4, -0.2) is 36.1 Å². The number of aromatic nitrogens is 1. The van der Waals surface area contributed by atoms with E-state index in [-0.39, 0.29) is 5.69 Å². The summed E-state index contributed by atoms with van der Waals surface area (Å²) >= 11 is 0. The van der Waals surface area contributed by atoms with Gasteiger partial charge in [0.15, 0.2) is 11.1 Å². The Morgan fingerprint density at radius 1 is 1.52 bits per heavy atom. The van der Waals surface area contributed by atoms with Crippen molar-refractivity contribution in [1.82, 2.24) is 10.3 Å². The van der Waals surface area contributed by atoms with Crippen LogP contribution in [0, 0.1) is 10.1 Å². The molecule has 2 heterocycles. The van der Waals surface area contributed by atoms with E-state index in [9.17, 15) is 10.1 Å². The summed E-state index contributed by atoms with van der Waals surface area (Å²) in [5, 5.41) is 14.5. The second-order valence-electron chi connectivity index (χ2n) is 5.40. The highest BCUT2D eigenvalue weighted by Crippen LogP contribution is 2.28. The van der Waals surface area contributed by atoms with Crippen molar-refractivity contribution < 1.29 is 9.34 Å². The van der Waals surface area contributed by atoms with Gasteiger partial charge in [0, 0.05) is 25.7 Å². The first-order valence-corrected chi connectivity index (χ1v) is 7.13. The molecular weight excluding hydrogens is 272 g/mol. The predicted octanol–water partition coefficient (Wildman–Crippen LogP) is 2.31. The van der Waals surface area contributed by atoms with Crippen molar-refractivity contribution in [2.45, 2.75) is 25.3 Å². The lowest BCUT2D eigenvalue weighted by Gasteiger charge is -2.27. The molecule has 2 aromatic rings. The van der Waals surface area contributed by atoms with Crippen LogP contribution in [0.25, 0.3) is 11.1 Å². The molecule has 1 atom stereocenters. The van der Waals surface area contributed by atoms with Gasteiger partial charge in [-0.2, -0.15) is 4.98 Å². The number of likely N-dealkylation sites (N-methyl/N-ethyl adjacent to an activating group) is 1. The van der Waals surface area contributed by atoms with Gasteiger partial charge in [0.25, 0.3) is 11.7 Å². The largest absolute Gasteiger partial charge is 0.423 e. The Bertz CT molecular complexity index is 649. The van der Waals surface area contributed by atoms with Crippen molar-refractivity contribution in [3.8, 4) is 0 Å². The number of rotatable bonds is 4. The summed E-state index contributed by atoms with van der Waals surface area (Å²) in [5.74, 6) is 0. The first kappa shape index (κ1) is 13.8. The fraction of sp³-hybridized carbons (Fsp3) is 0.500. The number of nitrogens with zero attached hydrogens (tertiary/aromatic N) is 3. The van der Waals surface area contributed by atoms with Gasteiger partial charge in [-0.1, -0.05) is 12.5 Å². The molecule has 0 amide bonds. The molecule has 0 radical (unpaired) electrons. The standard InChI is InChI=1S/C14H18N4O3/c1-17(9-10-5-2-3-8-15-10)14-16-13-11(18(19)20)6-4-7-12(13)21-14/h4,6-7,10,15H,2-3,5,8-9H2,1H3. The number of para-hydroxylation sites is 1. The molecule has 1 aromatic carbocycles. The van der Waals surface area contributed by atoms with Gasteiger partial charge in [-0.25, -0.2) is 0 Å². The zero-order chi connectivity index (χ0) is 14.8. The molecule has 1 unspecified atom stereocenters. The number of benzene rings is 1. The van der Waals surface area contributed by atoms with Gasteiger partial charge >= 0.3 is 0 Å². The van der Waals surface area contributed by atoms with Gasteiger partial charge in [0.2, 0.25) is 0 Å². The molecule has 7 heteroatoms. The molecule has 0 bridgehead atoms. The number of non-ortho nitro benzene ring substituents is 1. The van der Waals surface area contributed by atoms with Crippen LogP contribution >= 0.6 is 0 Å². The van der Waals surface area contributed by atoms with Crippen molar-refractivity contribution in [3.63, 3.8) is 0 Å². The Balaban J connectivity index is 1.83. The van der Waals surface area contributed by atoms with Gasteiger partial charge in [-0.05, 0) is 25.5 Å². The van der Waals surface area contributed by atoms with E-state index < -0.39 is 4.92 Å². The molecule has 1 N–H and O–H groups in total. The van der Waals surface area contributed by atoms with Crippen LogP contribution < -0.4 is 10.2 Å². The van der Waals surface area contributed by atoms with E-state index in [1.807, 2.05) is 11.9 Å². The van der Waals surface area contributed by atoms with Crippen LogP contribution in [0.15, 0.2) is 22.6 Å². The molecule has 1 aliphatic rings. The van der Waals surface area contributed by atoms with Crippen LogP contribution in [0.3, 0.4) is 0 Å². The summed E-state index contributed by atoms with van der Waals surface area (Å²) < 4.78 is 5.64. The SMILES string of the molecule is CN(CC1CCCCN1)c1nc2c([N+](=O)[O-])cccc2o1. The Morgan fingerprint density at radius 3 is 3.10 bits per heavy atom. The lowest BCUT2D eigenvalue weighted by molar-refractivity contribution is -0.383. The summed E-state index contributed by atoms with van der Waals surface area (Å²) in [5.41, 5.74) is 0.732. The molecule has 1 aliphatic heterocycles. The number of oxazole rings is 1. The summed E-state index contributed by atoms with van der Waals surface area (Å²) in [7, 11) is 1.90. The predicted molar refractivity (Wildman–Crippen MR) is 79.6 cm³/mol. The number of fused-ring (bicyclic) bond motifs is 1. The van der Waals surface area contributed by atoms with Crippen LogP contribution in [0.2, 0.25) is 0 Å². The van der Waals surface area contributed by atoms with Crippen LogP contribution in [0.4, 0.5) is 11.7 Å². The normalized spacial score (nSPS) is 18.8. The minimum atomic E-state index is -0.433. The maximum Gasteiger partial charge on any atom is 0.298 e. The first-order valence-electron chi connectivity index (χ1n) is 7.13. The maximum absolute atomic E-state index is 11.0. The topological polar surface area (TPSA) is 84.4 Å². The third-order valence-electron chi connectivity index (χ3n) is 3.82. The molecule has 0 saturated carbocycles. The third kappa shape index (κ3) is 2.82. The van der Waals surface area contributed by atoms with Crippen molar-refractivity contribution >= 4 is 22.8 Å². The van der Waals surface area contributed by atoms with Crippen molar-refractivity contribution in [1.29, 1.82) is 0 Å². The fourth-order valence-electron chi connectivity index (χ4n) is 2.72. The minimum Gasteiger partial charge on any atom is -0.423 e. The highest BCUT2D eigenvalue weighted by molar-refractivity contribution is 5.84. The zero-order valence-corrected chi connectivity index (χ0v) is 11.9. The summed E-state index contributed by atoms with van der Waals surface area (Å²) in [6.45, 7) is 1.82. The number of nitro groups is 1. The fourth-order valence-corrected chi connectivity index (χ4v) is 2.72. The second-order valence-corrected chi connectivity index (χ2v) is 5.40. The molecule has 1 aromatic heterocycles. The van der Waals surface area contributed by atoms with E-state index >= 15 is 0 Å². The summed E-state index contributed by atoms with van der Waals surface area (Å²) in [6, 6.07) is 5.58. The quantitative estimate of drug-likeness (QED) is 0.687. The van der Waals surface area contributed by atoms with E-state index in [0.717, 1.165) is 19.5 Å². The number of hydrogen-bond acceptors (Lipinski definition) is 6. The highest BCUT2D eigenvalue weighted by Gasteiger charge is 2.21. The Hall–Kier alpha value is -2.15. The Labute approximate surface area is 122 Å². The third-order valence-corrected chi connectivity index (χ3v) is 3.82. The van der Waals surface area contributed by atoms with Crippen LogP contribution in [-0.2, 0) is 0 Å². The van der Waals surface area contributed by atoms with E-state index in [1.165, 1.54) is 18.9 Å². The Morgan fingerprint density at radius 2 is 2.38 bits per heavy atom. The summed E-state index contributed by atoms with van der Waals surface area (Å²) in [6.07, 6.45) is 3.57. The van der Waals surface area contributed by atoms with Gasteiger partial charge in [-0.3, -0.25) is 10.1 Å². The number of hydrogen-bond donors (Lipinski definition) is 1. The summed E-state index contributed by atoms with van der Waals surface area (Å²) in [4.78, 5) is 16.8. The molecule has 112 valence electrons. The number of piperidine rings is 1. The van der Waals surface area contributed by atoms with Gasteiger partial charge in [0.1, 0.15) is 0 Å². The lowest BCUT2D eigenvalue weighted by Crippen LogP contribution is -2.42. The zero-order valence-electron chi connectivity index (χ0n) is 11.9. The van der Waals surface area contributed by atoms with Crippen molar-refractivity contribution in [3.05, 3.63) is 28.3 Å². The van der Waals surface area contributed by atoms with Crippen LogP contribution in [0.5, 0.6) is 0 Å². The maximum atomic E-state index is 11.0. The molecule has 7 nitrogen and oxygen atoms in total. The molecule has 1 saturated heterocycles. The highest BCUT2D eigenvalue weighted by atomic mass is 16.6. The molecule has 1 fully saturated rings. The lowest BCUT2D eigenvalue weighted by atomic mass is 10.1. The van der Waals surface area contributed by atoms with Gasteiger partial charge < -0.3 is 14.6 Å². The van der Waals surface area contributed by atoms with Crippen LogP contribution in [0.1, 0.15) is 19.3 Å². The van der Waals surface area contributed by atoms with E-state index in [1.54, 1.807) is 12.1 Å². The average Bonchev–Trinajstić information content (AvgIpc) is 2.92. The smallest absolute Gasteiger partial charge is 0.298 e. The molecular formula is C14H18N4O3. The van der Waals surface area contributed by atoms with E-state index in [4.69, 9.17) is 4.42 Å². The molecule has 0 aliphatic carbocycles. The molecule has 0 spiro atoms. The van der Waals surface area contributed by atoms with Crippen molar-refractivity contribution in [2.24, 2.45) is 0 Å².